The molecular formula is C16H27IN4. The fourth-order valence-corrected chi connectivity index (χ4v) is 2.19. The van der Waals surface area contributed by atoms with Crippen molar-refractivity contribution in [3.63, 3.8) is 0 Å². The lowest BCUT2D eigenvalue weighted by atomic mass is 10.1. The fourth-order valence-electron chi connectivity index (χ4n) is 2.19. The minimum Gasteiger partial charge on any atom is -0.356 e. The number of nitrogens with zero attached hydrogens (tertiary/aromatic N) is 2. The summed E-state index contributed by atoms with van der Waals surface area (Å²) >= 11 is 0. The molecule has 0 saturated heterocycles. The van der Waals surface area contributed by atoms with Gasteiger partial charge in [-0.3, -0.25) is 4.99 Å². The van der Waals surface area contributed by atoms with E-state index >= 15 is 0 Å². The first kappa shape index (κ1) is 18.2. The predicted octanol–water partition coefficient (Wildman–Crippen LogP) is 2.44. The summed E-state index contributed by atoms with van der Waals surface area (Å²) in [5, 5.41) is 6.79. The third-order valence-electron chi connectivity index (χ3n) is 3.53. The van der Waals surface area contributed by atoms with Crippen LogP contribution in [0, 0.1) is 5.92 Å². The zero-order valence-corrected chi connectivity index (χ0v) is 15.6. The van der Waals surface area contributed by atoms with Crippen LogP contribution in [0.15, 0.2) is 29.3 Å². The smallest absolute Gasteiger partial charge is 0.191 e. The molecule has 2 N–H and O–H groups in total. The molecule has 5 heteroatoms. The van der Waals surface area contributed by atoms with Crippen molar-refractivity contribution in [3.05, 3.63) is 35.4 Å². The summed E-state index contributed by atoms with van der Waals surface area (Å²) in [7, 11) is 6.02. The van der Waals surface area contributed by atoms with E-state index in [9.17, 15) is 0 Å². The molecule has 0 aromatic heterocycles. The highest BCUT2D eigenvalue weighted by atomic mass is 127. The maximum atomic E-state index is 4.28. The molecule has 21 heavy (non-hydrogen) atoms. The summed E-state index contributed by atoms with van der Waals surface area (Å²) in [5.74, 6) is 1.76. The second kappa shape index (κ2) is 9.25. The van der Waals surface area contributed by atoms with E-state index in [2.05, 4.69) is 58.9 Å². The van der Waals surface area contributed by atoms with Crippen LogP contribution in [0.5, 0.6) is 0 Å². The zero-order chi connectivity index (χ0) is 14.4. The molecule has 0 unspecified atom stereocenters. The van der Waals surface area contributed by atoms with Crippen LogP contribution < -0.4 is 10.6 Å². The molecule has 1 aromatic carbocycles. The summed E-state index contributed by atoms with van der Waals surface area (Å²) in [6.07, 6.45) is 2.71. The topological polar surface area (TPSA) is 39.7 Å². The Morgan fingerprint density at radius 3 is 2.43 bits per heavy atom. The number of guanidine groups is 1. The Kier molecular flexibility index (Phi) is 8.03. The minimum absolute atomic E-state index is 0. The average molecular weight is 402 g/mol. The Morgan fingerprint density at radius 2 is 1.86 bits per heavy atom. The van der Waals surface area contributed by atoms with E-state index in [1.54, 1.807) is 0 Å². The van der Waals surface area contributed by atoms with Crippen LogP contribution in [0.2, 0.25) is 0 Å². The van der Waals surface area contributed by atoms with E-state index in [-0.39, 0.29) is 24.0 Å². The number of nitrogens with one attached hydrogen (secondary N) is 2. The molecule has 1 fully saturated rings. The maximum absolute atomic E-state index is 4.28. The van der Waals surface area contributed by atoms with Gasteiger partial charge in [-0.1, -0.05) is 24.3 Å². The number of hydrogen-bond acceptors (Lipinski definition) is 2. The molecule has 2 rings (SSSR count). The molecule has 1 aromatic rings. The molecule has 0 heterocycles. The Morgan fingerprint density at radius 1 is 1.19 bits per heavy atom. The SMILES string of the molecule is CN=C(NCc1ccccc1CN(C)C)NCC1CC1.I. The van der Waals surface area contributed by atoms with E-state index in [0.29, 0.717) is 0 Å². The number of aliphatic imine (C=N–C) groups is 1. The summed E-state index contributed by atoms with van der Waals surface area (Å²) in [6, 6.07) is 8.57. The van der Waals surface area contributed by atoms with Crippen LogP contribution in [-0.2, 0) is 13.1 Å². The number of halogens is 1. The lowest BCUT2D eigenvalue weighted by molar-refractivity contribution is 0.400. The standard InChI is InChI=1S/C16H26N4.HI/c1-17-16(18-10-13-8-9-13)19-11-14-6-4-5-7-15(14)12-20(2)3;/h4-7,13H,8-12H2,1-3H3,(H2,17,18,19);1H. The molecule has 118 valence electrons. The van der Waals surface area contributed by atoms with Crippen molar-refractivity contribution in [3.8, 4) is 0 Å². The van der Waals surface area contributed by atoms with Gasteiger partial charge in [0.15, 0.2) is 5.96 Å². The largest absolute Gasteiger partial charge is 0.356 e. The highest BCUT2D eigenvalue weighted by Crippen LogP contribution is 2.27. The first-order valence-corrected chi connectivity index (χ1v) is 7.35. The van der Waals surface area contributed by atoms with Gasteiger partial charge in [0, 0.05) is 26.7 Å². The first-order chi connectivity index (χ1) is 9.69. The highest BCUT2D eigenvalue weighted by Gasteiger charge is 2.21. The van der Waals surface area contributed by atoms with Crippen molar-refractivity contribution in [1.82, 2.24) is 15.5 Å². The Balaban J connectivity index is 0.00000220. The van der Waals surface area contributed by atoms with Gasteiger partial charge < -0.3 is 15.5 Å². The summed E-state index contributed by atoms with van der Waals surface area (Å²) in [4.78, 5) is 6.47. The van der Waals surface area contributed by atoms with E-state index in [4.69, 9.17) is 0 Å². The van der Waals surface area contributed by atoms with Crippen molar-refractivity contribution < 1.29 is 0 Å². The number of rotatable bonds is 6. The average Bonchev–Trinajstić information content (AvgIpc) is 3.24. The van der Waals surface area contributed by atoms with Gasteiger partial charge in [0.05, 0.1) is 0 Å². The van der Waals surface area contributed by atoms with Gasteiger partial charge >= 0.3 is 0 Å². The van der Waals surface area contributed by atoms with Crippen molar-refractivity contribution in [1.29, 1.82) is 0 Å². The fraction of sp³-hybridized carbons (Fsp3) is 0.562. The van der Waals surface area contributed by atoms with Gasteiger partial charge in [-0.25, -0.2) is 0 Å². The van der Waals surface area contributed by atoms with Gasteiger partial charge in [0.1, 0.15) is 0 Å². The molecule has 4 nitrogen and oxygen atoms in total. The predicted molar refractivity (Wildman–Crippen MR) is 100 cm³/mol. The van der Waals surface area contributed by atoms with E-state index in [0.717, 1.165) is 31.5 Å². The second-order valence-corrected chi connectivity index (χ2v) is 5.76. The first-order valence-electron chi connectivity index (χ1n) is 7.35. The molecule has 0 bridgehead atoms. The van der Waals surface area contributed by atoms with Crippen LogP contribution in [0.3, 0.4) is 0 Å². The second-order valence-electron chi connectivity index (χ2n) is 5.76. The van der Waals surface area contributed by atoms with Crippen molar-refractivity contribution in [2.45, 2.75) is 25.9 Å². The molecule has 0 amide bonds. The third-order valence-corrected chi connectivity index (χ3v) is 3.53. The summed E-state index contributed by atoms with van der Waals surface area (Å²) in [5.41, 5.74) is 2.69. The molecule has 0 aliphatic heterocycles. The molecule has 1 saturated carbocycles. The van der Waals surface area contributed by atoms with Crippen molar-refractivity contribution >= 4 is 29.9 Å². The van der Waals surface area contributed by atoms with Crippen LogP contribution in [0.25, 0.3) is 0 Å². The molecule has 0 atom stereocenters. The molecular weight excluding hydrogens is 375 g/mol. The van der Waals surface area contributed by atoms with Gasteiger partial charge in [0.2, 0.25) is 0 Å². The van der Waals surface area contributed by atoms with Crippen molar-refractivity contribution in [2.24, 2.45) is 10.9 Å². The van der Waals surface area contributed by atoms with E-state index < -0.39 is 0 Å². The summed E-state index contributed by atoms with van der Waals surface area (Å²) in [6.45, 7) is 2.82. The summed E-state index contributed by atoms with van der Waals surface area (Å²) < 4.78 is 0. The normalized spacial score (nSPS) is 14.8. The van der Waals surface area contributed by atoms with Crippen LogP contribution in [-0.4, -0.2) is 38.5 Å². The Hall–Kier alpha value is -0.820. The molecule has 1 aliphatic carbocycles. The zero-order valence-electron chi connectivity index (χ0n) is 13.2. The third kappa shape index (κ3) is 6.65. The van der Waals surface area contributed by atoms with Gasteiger partial charge in [-0.05, 0) is 44.0 Å². The minimum atomic E-state index is 0. The van der Waals surface area contributed by atoms with Crippen LogP contribution in [0.1, 0.15) is 24.0 Å². The van der Waals surface area contributed by atoms with Crippen molar-refractivity contribution in [2.75, 3.05) is 27.7 Å². The van der Waals surface area contributed by atoms with Crippen LogP contribution in [0.4, 0.5) is 0 Å². The van der Waals surface area contributed by atoms with Gasteiger partial charge in [-0.15, -0.1) is 24.0 Å². The lowest BCUT2D eigenvalue weighted by Crippen LogP contribution is -2.38. The molecule has 0 radical (unpaired) electrons. The maximum Gasteiger partial charge on any atom is 0.191 e. The van der Waals surface area contributed by atoms with Crippen LogP contribution >= 0.6 is 24.0 Å². The Bertz CT molecular complexity index is 455. The number of benzene rings is 1. The van der Waals surface area contributed by atoms with Gasteiger partial charge in [0.25, 0.3) is 0 Å². The molecule has 1 aliphatic rings. The quantitative estimate of drug-likeness (QED) is 0.436. The highest BCUT2D eigenvalue weighted by molar-refractivity contribution is 14.0. The monoisotopic (exact) mass is 402 g/mol. The van der Waals surface area contributed by atoms with E-state index in [1.165, 1.54) is 24.0 Å². The lowest BCUT2D eigenvalue weighted by Gasteiger charge is -2.16. The Labute approximate surface area is 145 Å². The van der Waals surface area contributed by atoms with E-state index in [1.807, 2.05) is 7.05 Å². The number of hydrogen-bond donors (Lipinski definition) is 2. The van der Waals surface area contributed by atoms with Gasteiger partial charge in [-0.2, -0.15) is 0 Å². The molecule has 0 spiro atoms.